The molecule has 2 aromatic heterocycles. The summed E-state index contributed by atoms with van der Waals surface area (Å²) >= 11 is 7.17. The van der Waals surface area contributed by atoms with E-state index in [1.807, 2.05) is 5.38 Å². The highest BCUT2D eigenvalue weighted by Crippen LogP contribution is 2.20. The van der Waals surface area contributed by atoms with Crippen LogP contribution in [0.3, 0.4) is 0 Å². The van der Waals surface area contributed by atoms with Gasteiger partial charge in [-0.05, 0) is 12.1 Å². The third kappa shape index (κ3) is 3.41. The number of hydrogen-bond acceptors (Lipinski definition) is 5. The Balaban J connectivity index is 2.02. The number of hydrogen-bond donors (Lipinski definition) is 2. The second-order valence-electron chi connectivity index (χ2n) is 3.48. The fourth-order valence-corrected chi connectivity index (χ4v) is 2.09. The molecule has 18 heavy (non-hydrogen) atoms. The van der Waals surface area contributed by atoms with Crippen molar-refractivity contribution in [2.75, 3.05) is 12.4 Å². The van der Waals surface area contributed by atoms with Crippen molar-refractivity contribution in [3.63, 3.8) is 0 Å². The van der Waals surface area contributed by atoms with Crippen LogP contribution in [0, 0.1) is 0 Å². The summed E-state index contributed by atoms with van der Waals surface area (Å²) in [6.45, 7) is 0. The summed E-state index contributed by atoms with van der Waals surface area (Å²) in [6.07, 6.45) is 1.84. The van der Waals surface area contributed by atoms with Gasteiger partial charge in [-0.25, -0.2) is 9.97 Å². The van der Waals surface area contributed by atoms with E-state index in [4.69, 9.17) is 11.6 Å². The molecule has 0 aromatic carbocycles. The zero-order valence-electron chi connectivity index (χ0n) is 9.61. The summed E-state index contributed by atoms with van der Waals surface area (Å²) in [5.41, 5.74) is 0.732. The summed E-state index contributed by atoms with van der Waals surface area (Å²) in [5, 5.41) is 8.73. The molecule has 0 spiro atoms. The number of carbonyl (C=O) groups excluding carboxylic acids is 1. The van der Waals surface area contributed by atoms with Gasteiger partial charge in [-0.3, -0.25) is 4.79 Å². The van der Waals surface area contributed by atoms with Gasteiger partial charge < -0.3 is 10.6 Å². The molecule has 0 aliphatic carbocycles. The van der Waals surface area contributed by atoms with Crippen LogP contribution in [-0.2, 0) is 11.2 Å². The highest BCUT2D eigenvalue weighted by molar-refractivity contribution is 7.13. The molecule has 0 aliphatic heterocycles. The average Bonchev–Trinajstić information content (AvgIpc) is 2.79. The Kier molecular flexibility index (Phi) is 4.11. The number of pyridine rings is 1. The number of carbonyl (C=O) groups is 1. The SMILES string of the molecule is CNC(=O)Cc1csc(Nc2ccc(Cl)cn2)n1. The molecule has 7 heteroatoms. The van der Waals surface area contributed by atoms with E-state index >= 15 is 0 Å². The predicted molar refractivity (Wildman–Crippen MR) is 72.4 cm³/mol. The summed E-state index contributed by atoms with van der Waals surface area (Å²) in [6, 6.07) is 3.51. The van der Waals surface area contributed by atoms with Crippen molar-refractivity contribution >= 4 is 39.8 Å². The van der Waals surface area contributed by atoms with Gasteiger partial charge in [0.2, 0.25) is 5.91 Å². The van der Waals surface area contributed by atoms with E-state index in [0.29, 0.717) is 16.0 Å². The fourth-order valence-electron chi connectivity index (χ4n) is 1.26. The summed E-state index contributed by atoms with van der Waals surface area (Å²) in [4.78, 5) is 19.6. The average molecular weight is 283 g/mol. The van der Waals surface area contributed by atoms with Crippen LogP contribution in [-0.4, -0.2) is 22.9 Å². The number of likely N-dealkylation sites (N-methyl/N-ethyl adjacent to an activating group) is 1. The van der Waals surface area contributed by atoms with Gasteiger partial charge in [0.15, 0.2) is 5.13 Å². The van der Waals surface area contributed by atoms with Gasteiger partial charge in [-0.2, -0.15) is 0 Å². The van der Waals surface area contributed by atoms with Crippen molar-refractivity contribution < 1.29 is 4.79 Å². The molecule has 0 unspecified atom stereocenters. The molecule has 2 aromatic rings. The summed E-state index contributed by atoms with van der Waals surface area (Å²) in [7, 11) is 1.60. The molecule has 0 saturated heterocycles. The Morgan fingerprint density at radius 3 is 3.00 bits per heavy atom. The van der Waals surface area contributed by atoms with E-state index in [2.05, 4.69) is 20.6 Å². The molecular formula is C11H11ClN4OS. The van der Waals surface area contributed by atoms with Gasteiger partial charge in [0.1, 0.15) is 5.82 Å². The van der Waals surface area contributed by atoms with Crippen molar-refractivity contribution in [2.45, 2.75) is 6.42 Å². The van der Waals surface area contributed by atoms with Gasteiger partial charge in [0, 0.05) is 18.6 Å². The van der Waals surface area contributed by atoms with E-state index < -0.39 is 0 Å². The molecule has 94 valence electrons. The molecule has 2 N–H and O–H groups in total. The maximum atomic E-state index is 11.2. The van der Waals surface area contributed by atoms with Crippen LogP contribution < -0.4 is 10.6 Å². The minimum Gasteiger partial charge on any atom is -0.359 e. The molecule has 0 fully saturated rings. The molecule has 5 nitrogen and oxygen atoms in total. The Morgan fingerprint density at radius 2 is 2.33 bits per heavy atom. The van der Waals surface area contributed by atoms with E-state index in [-0.39, 0.29) is 12.3 Å². The van der Waals surface area contributed by atoms with Crippen molar-refractivity contribution in [1.29, 1.82) is 0 Å². The van der Waals surface area contributed by atoms with Crippen molar-refractivity contribution in [2.24, 2.45) is 0 Å². The third-order valence-electron chi connectivity index (χ3n) is 2.13. The summed E-state index contributed by atoms with van der Waals surface area (Å²) in [5.74, 6) is 0.608. The first-order valence-corrected chi connectivity index (χ1v) is 6.46. The lowest BCUT2D eigenvalue weighted by atomic mass is 10.3. The maximum absolute atomic E-state index is 11.2. The van der Waals surface area contributed by atoms with Crippen LogP contribution in [0.1, 0.15) is 5.69 Å². The second kappa shape index (κ2) is 5.79. The fraction of sp³-hybridized carbons (Fsp3) is 0.182. The first kappa shape index (κ1) is 12.8. The van der Waals surface area contributed by atoms with Gasteiger partial charge >= 0.3 is 0 Å². The van der Waals surface area contributed by atoms with Crippen molar-refractivity contribution in [1.82, 2.24) is 15.3 Å². The number of halogens is 1. The van der Waals surface area contributed by atoms with Gasteiger partial charge in [0.25, 0.3) is 0 Å². The standard InChI is InChI=1S/C11H11ClN4OS/c1-13-10(17)4-8-6-18-11(15-8)16-9-3-2-7(12)5-14-9/h2-3,5-6H,4H2,1H3,(H,13,17)(H,14,15,16). The van der Waals surface area contributed by atoms with Crippen LogP contribution >= 0.6 is 22.9 Å². The normalized spacial score (nSPS) is 10.1. The van der Waals surface area contributed by atoms with E-state index in [1.54, 1.807) is 25.4 Å². The molecular weight excluding hydrogens is 272 g/mol. The first-order chi connectivity index (χ1) is 8.67. The van der Waals surface area contributed by atoms with Crippen LogP contribution in [0.5, 0.6) is 0 Å². The summed E-state index contributed by atoms with van der Waals surface area (Å²) < 4.78 is 0. The van der Waals surface area contributed by atoms with Crippen LogP contribution in [0.2, 0.25) is 5.02 Å². The zero-order chi connectivity index (χ0) is 13.0. The van der Waals surface area contributed by atoms with Crippen LogP contribution in [0.15, 0.2) is 23.7 Å². The number of thiazole rings is 1. The largest absolute Gasteiger partial charge is 0.359 e. The van der Waals surface area contributed by atoms with Gasteiger partial charge in [-0.1, -0.05) is 11.6 Å². The zero-order valence-corrected chi connectivity index (χ0v) is 11.2. The van der Waals surface area contributed by atoms with Gasteiger partial charge in [0.05, 0.1) is 17.1 Å². The van der Waals surface area contributed by atoms with Crippen molar-refractivity contribution in [3.05, 3.63) is 34.4 Å². The number of aromatic nitrogens is 2. The first-order valence-electron chi connectivity index (χ1n) is 5.21. The number of nitrogens with one attached hydrogen (secondary N) is 2. The smallest absolute Gasteiger partial charge is 0.225 e. The lowest BCUT2D eigenvalue weighted by Gasteiger charge is -2.00. The van der Waals surface area contributed by atoms with E-state index in [1.165, 1.54) is 11.3 Å². The molecule has 0 radical (unpaired) electrons. The Labute approximate surface area is 113 Å². The van der Waals surface area contributed by atoms with E-state index in [0.717, 1.165) is 5.69 Å². The minimum absolute atomic E-state index is 0.0588. The quantitative estimate of drug-likeness (QED) is 0.902. The lowest BCUT2D eigenvalue weighted by Crippen LogP contribution is -2.20. The lowest BCUT2D eigenvalue weighted by molar-refractivity contribution is -0.120. The molecule has 0 bridgehead atoms. The Hall–Kier alpha value is -1.66. The second-order valence-corrected chi connectivity index (χ2v) is 4.78. The Morgan fingerprint density at radius 1 is 1.50 bits per heavy atom. The van der Waals surface area contributed by atoms with Crippen LogP contribution in [0.4, 0.5) is 10.9 Å². The number of anilines is 2. The number of rotatable bonds is 4. The highest BCUT2D eigenvalue weighted by Gasteiger charge is 2.06. The molecule has 1 amide bonds. The van der Waals surface area contributed by atoms with Gasteiger partial charge in [-0.15, -0.1) is 11.3 Å². The molecule has 2 rings (SSSR count). The van der Waals surface area contributed by atoms with Crippen molar-refractivity contribution in [3.8, 4) is 0 Å². The van der Waals surface area contributed by atoms with Crippen LogP contribution in [0.25, 0.3) is 0 Å². The third-order valence-corrected chi connectivity index (χ3v) is 3.16. The maximum Gasteiger partial charge on any atom is 0.225 e. The predicted octanol–water partition coefficient (Wildman–Crippen LogP) is 2.22. The molecule has 0 aliphatic rings. The Bertz CT molecular complexity index is 540. The highest BCUT2D eigenvalue weighted by atomic mass is 35.5. The number of amides is 1. The molecule has 2 heterocycles. The topological polar surface area (TPSA) is 66.9 Å². The number of nitrogens with zero attached hydrogens (tertiary/aromatic N) is 2. The molecule has 0 saturated carbocycles. The monoisotopic (exact) mass is 282 g/mol. The molecule has 0 atom stereocenters. The van der Waals surface area contributed by atoms with E-state index in [9.17, 15) is 4.79 Å². The minimum atomic E-state index is -0.0588.